The SMILES string of the molecule is CCOP(=O)(O)N[C@H](C(=O)N[C@@H](Cc1ccc(OC)cc1)C(=O)NC)[C@@H](C)CC. The number of benzene rings is 1. The molecule has 0 spiro atoms. The van der Waals surface area contributed by atoms with Crippen molar-refractivity contribution >= 4 is 19.6 Å². The molecule has 9 nitrogen and oxygen atoms in total. The van der Waals surface area contributed by atoms with Gasteiger partial charge in [0.1, 0.15) is 11.8 Å². The molecule has 29 heavy (non-hydrogen) atoms. The van der Waals surface area contributed by atoms with Crippen LogP contribution in [0.2, 0.25) is 0 Å². The van der Waals surface area contributed by atoms with Crippen LogP contribution in [0.1, 0.15) is 32.8 Å². The van der Waals surface area contributed by atoms with Gasteiger partial charge >= 0.3 is 7.75 Å². The summed E-state index contributed by atoms with van der Waals surface area (Å²) < 4.78 is 22.1. The summed E-state index contributed by atoms with van der Waals surface area (Å²) in [5, 5.41) is 7.64. The van der Waals surface area contributed by atoms with Gasteiger partial charge < -0.3 is 20.3 Å². The third kappa shape index (κ3) is 8.14. The van der Waals surface area contributed by atoms with Crippen LogP contribution in [0, 0.1) is 5.92 Å². The van der Waals surface area contributed by atoms with Crippen LogP contribution >= 0.6 is 7.75 Å². The van der Waals surface area contributed by atoms with Crippen molar-refractivity contribution < 1.29 is 28.3 Å². The first-order valence-corrected chi connectivity index (χ1v) is 11.1. The van der Waals surface area contributed by atoms with E-state index in [4.69, 9.17) is 9.26 Å². The van der Waals surface area contributed by atoms with Crippen molar-refractivity contribution in [2.45, 2.75) is 45.7 Å². The quantitative estimate of drug-likeness (QED) is 0.372. The van der Waals surface area contributed by atoms with Crippen molar-refractivity contribution in [3.05, 3.63) is 29.8 Å². The predicted molar refractivity (Wildman–Crippen MR) is 111 cm³/mol. The number of amides is 2. The van der Waals surface area contributed by atoms with Crippen molar-refractivity contribution in [2.75, 3.05) is 20.8 Å². The highest BCUT2D eigenvalue weighted by Gasteiger charge is 2.34. The van der Waals surface area contributed by atoms with Crippen LogP contribution in [0.5, 0.6) is 5.75 Å². The Morgan fingerprint density at radius 3 is 2.28 bits per heavy atom. The Kier molecular flexibility index (Phi) is 10.3. The third-order valence-electron chi connectivity index (χ3n) is 4.58. The topological polar surface area (TPSA) is 126 Å². The Balaban J connectivity index is 2.99. The number of hydrogen-bond donors (Lipinski definition) is 4. The normalized spacial score (nSPS) is 16.2. The maximum atomic E-state index is 12.9. The molecule has 0 radical (unpaired) electrons. The lowest BCUT2D eigenvalue weighted by Gasteiger charge is -2.27. The number of likely N-dealkylation sites (N-methyl/N-ethyl adjacent to an activating group) is 1. The molecule has 1 aromatic rings. The van der Waals surface area contributed by atoms with Crippen molar-refractivity contribution in [3.8, 4) is 5.75 Å². The molecule has 4 N–H and O–H groups in total. The Morgan fingerprint density at radius 1 is 1.17 bits per heavy atom. The first kappa shape index (κ1) is 25.1. The van der Waals surface area contributed by atoms with Crippen molar-refractivity contribution in [2.24, 2.45) is 5.92 Å². The lowest BCUT2D eigenvalue weighted by molar-refractivity contribution is -0.130. The Hall–Kier alpha value is -1.93. The molecule has 164 valence electrons. The van der Waals surface area contributed by atoms with Crippen LogP contribution in [0.4, 0.5) is 0 Å². The highest BCUT2D eigenvalue weighted by molar-refractivity contribution is 7.50. The molecule has 0 fully saturated rings. The fourth-order valence-corrected chi connectivity index (χ4v) is 3.86. The van der Waals surface area contributed by atoms with E-state index in [9.17, 15) is 19.0 Å². The number of methoxy groups -OCH3 is 1. The molecular formula is C19H32N3O6P. The Morgan fingerprint density at radius 2 is 1.79 bits per heavy atom. The minimum Gasteiger partial charge on any atom is -0.497 e. The molecule has 4 atom stereocenters. The number of rotatable bonds is 12. The zero-order valence-electron chi connectivity index (χ0n) is 17.6. The van der Waals surface area contributed by atoms with E-state index in [-0.39, 0.29) is 24.9 Å². The lowest BCUT2D eigenvalue weighted by Crippen LogP contribution is -2.54. The molecule has 1 unspecified atom stereocenters. The molecule has 0 heterocycles. The number of carbonyl (C=O) groups is 2. The lowest BCUT2D eigenvalue weighted by atomic mass is 9.98. The molecule has 10 heteroatoms. The fraction of sp³-hybridized carbons (Fsp3) is 0.579. The monoisotopic (exact) mass is 429 g/mol. The van der Waals surface area contributed by atoms with Gasteiger partial charge in [-0.3, -0.25) is 14.1 Å². The second kappa shape index (κ2) is 11.9. The van der Waals surface area contributed by atoms with Gasteiger partial charge in [-0.2, -0.15) is 0 Å². The zero-order valence-corrected chi connectivity index (χ0v) is 18.5. The largest absolute Gasteiger partial charge is 0.497 e. The predicted octanol–water partition coefficient (Wildman–Crippen LogP) is 1.61. The summed E-state index contributed by atoms with van der Waals surface area (Å²) in [6.07, 6.45) is 0.839. The van der Waals surface area contributed by atoms with E-state index in [0.717, 1.165) is 5.56 Å². The number of ether oxygens (including phenoxy) is 1. The van der Waals surface area contributed by atoms with Crippen LogP contribution in [0.15, 0.2) is 24.3 Å². The summed E-state index contributed by atoms with van der Waals surface area (Å²) in [4.78, 5) is 35.1. The maximum absolute atomic E-state index is 12.9. The molecule has 0 aromatic heterocycles. The average molecular weight is 429 g/mol. The average Bonchev–Trinajstić information content (AvgIpc) is 2.70. The molecule has 2 amide bonds. The summed E-state index contributed by atoms with van der Waals surface area (Å²) in [6.45, 7) is 5.25. The van der Waals surface area contributed by atoms with Crippen molar-refractivity contribution in [1.82, 2.24) is 15.7 Å². The molecule has 0 aliphatic carbocycles. The summed E-state index contributed by atoms with van der Waals surface area (Å²) in [7, 11) is -1.10. The smallest absolute Gasteiger partial charge is 0.403 e. The van der Waals surface area contributed by atoms with E-state index >= 15 is 0 Å². The van der Waals surface area contributed by atoms with E-state index in [1.165, 1.54) is 7.05 Å². The first-order valence-electron chi connectivity index (χ1n) is 9.57. The van der Waals surface area contributed by atoms with Crippen LogP contribution < -0.4 is 20.5 Å². The number of hydrogen-bond acceptors (Lipinski definition) is 5. The van der Waals surface area contributed by atoms with E-state index in [1.54, 1.807) is 33.1 Å². The molecule has 1 aromatic carbocycles. The second-order valence-corrected chi connectivity index (χ2v) is 8.22. The maximum Gasteiger partial charge on any atom is 0.403 e. The van der Waals surface area contributed by atoms with Gasteiger partial charge in [0.05, 0.1) is 19.8 Å². The van der Waals surface area contributed by atoms with Gasteiger partial charge in [0.2, 0.25) is 11.8 Å². The van der Waals surface area contributed by atoms with E-state index < -0.39 is 25.7 Å². The van der Waals surface area contributed by atoms with Crippen LogP contribution in [-0.2, 0) is 25.1 Å². The fourth-order valence-electron chi connectivity index (χ4n) is 2.71. The van der Waals surface area contributed by atoms with Crippen LogP contribution in [-0.4, -0.2) is 49.6 Å². The molecule has 0 saturated carbocycles. The van der Waals surface area contributed by atoms with Crippen LogP contribution in [0.25, 0.3) is 0 Å². The van der Waals surface area contributed by atoms with E-state index in [2.05, 4.69) is 15.7 Å². The van der Waals surface area contributed by atoms with Gasteiger partial charge in [-0.05, 0) is 30.5 Å². The van der Waals surface area contributed by atoms with Gasteiger partial charge in [0, 0.05) is 13.5 Å². The molecule has 0 aliphatic rings. The highest BCUT2D eigenvalue weighted by atomic mass is 31.2. The van der Waals surface area contributed by atoms with Gasteiger partial charge in [0.25, 0.3) is 0 Å². The molecule has 0 saturated heterocycles. The van der Waals surface area contributed by atoms with Gasteiger partial charge in [-0.1, -0.05) is 32.4 Å². The summed E-state index contributed by atoms with van der Waals surface area (Å²) in [5.74, 6) is -0.489. The third-order valence-corrected chi connectivity index (χ3v) is 5.79. The highest BCUT2D eigenvalue weighted by Crippen LogP contribution is 2.38. The molecule has 1 rings (SSSR count). The van der Waals surface area contributed by atoms with Gasteiger partial charge in [-0.15, -0.1) is 0 Å². The standard InChI is InChI=1S/C19H32N3O6P/c1-6-13(3)17(22-29(25,26)28-7-2)19(24)21-16(18(23)20-4)12-14-8-10-15(27-5)11-9-14/h8-11,13,16-17H,6-7,12H2,1-5H3,(H,20,23)(H,21,24)(H2,22,25,26)/t13-,16-,17-/m0/s1. The number of nitrogens with one attached hydrogen (secondary N) is 3. The minimum absolute atomic E-state index is 0.0218. The van der Waals surface area contributed by atoms with Crippen LogP contribution in [0.3, 0.4) is 0 Å². The Labute approximate surface area is 172 Å². The summed E-state index contributed by atoms with van der Waals surface area (Å²) in [5.41, 5.74) is 0.829. The molecule has 0 bridgehead atoms. The van der Waals surface area contributed by atoms with Gasteiger partial charge in [0.15, 0.2) is 0 Å². The van der Waals surface area contributed by atoms with Crippen molar-refractivity contribution in [3.63, 3.8) is 0 Å². The summed E-state index contributed by atoms with van der Waals surface area (Å²) >= 11 is 0. The second-order valence-electron chi connectivity index (χ2n) is 6.66. The molecule has 0 aliphatic heterocycles. The van der Waals surface area contributed by atoms with E-state index in [1.807, 2.05) is 19.1 Å². The zero-order chi connectivity index (χ0) is 22.0. The minimum atomic E-state index is -4.14. The summed E-state index contributed by atoms with van der Waals surface area (Å²) in [6, 6.07) is 5.31. The van der Waals surface area contributed by atoms with E-state index in [0.29, 0.717) is 12.2 Å². The van der Waals surface area contributed by atoms with Gasteiger partial charge in [-0.25, -0.2) is 9.65 Å². The number of carbonyl (C=O) groups excluding carboxylic acids is 2. The Bertz CT molecular complexity index is 712. The first-order chi connectivity index (χ1) is 13.7. The molecular weight excluding hydrogens is 397 g/mol. The van der Waals surface area contributed by atoms with Crippen molar-refractivity contribution in [1.29, 1.82) is 0 Å².